The smallest absolute Gasteiger partial charge is 0.335 e. The Labute approximate surface area is 143 Å². The molecule has 0 aromatic heterocycles. The molecular formula is C17H18N2O6. The fraction of sp³-hybridized carbons (Fsp3) is 0.412. The number of aromatic carboxylic acids is 1. The number of carbonyl (C=O) groups excluding carboxylic acids is 2. The normalized spacial score (nSPS) is 22.4. The zero-order valence-electron chi connectivity index (χ0n) is 13.4. The molecule has 0 aliphatic carbocycles. The van der Waals surface area contributed by atoms with Crippen LogP contribution in [0, 0.1) is 5.92 Å². The van der Waals surface area contributed by atoms with E-state index in [9.17, 15) is 19.2 Å². The molecule has 1 aromatic rings. The number of carbonyl (C=O) groups is 4. The van der Waals surface area contributed by atoms with Crippen molar-refractivity contribution >= 4 is 29.4 Å². The van der Waals surface area contributed by atoms with Crippen molar-refractivity contribution in [2.75, 3.05) is 18.0 Å². The average Bonchev–Trinajstić information content (AvgIpc) is 2.89. The number of carboxylic acids is 2. The minimum absolute atomic E-state index is 0.0528. The van der Waals surface area contributed by atoms with Crippen LogP contribution in [0.15, 0.2) is 24.3 Å². The fourth-order valence-electron chi connectivity index (χ4n) is 3.38. The van der Waals surface area contributed by atoms with Crippen molar-refractivity contribution < 1.29 is 29.4 Å². The first-order valence-electron chi connectivity index (χ1n) is 8.05. The Kier molecular flexibility index (Phi) is 4.54. The zero-order valence-corrected chi connectivity index (χ0v) is 13.4. The number of nitrogens with zero attached hydrogens (tertiary/aromatic N) is 2. The first-order valence-corrected chi connectivity index (χ1v) is 8.05. The predicted molar refractivity (Wildman–Crippen MR) is 86.2 cm³/mol. The summed E-state index contributed by atoms with van der Waals surface area (Å²) in [4.78, 5) is 49.8. The maximum Gasteiger partial charge on any atom is 0.335 e. The van der Waals surface area contributed by atoms with E-state index in [1.165, 1.54) is 24.3 Å². The first-order chi connectivity index (χ1) is 11.9. The van der Waals surface area contributed by atoms with Crippen LogP contribution >= 0.6 is 0 Å². The molecule has 0 unspecified atom stereocenters. The summed E-state index contributed by atoms with van der Waals surface area (Å²) in [6.45, 7) is 0.929. The number of anilines is 1. The van der Waals surface area contributed by atoms with Gasteiger partial charge in [-0.2, -0.15) is 0 Å². The van der Waals surface area contributed by atoms with Crippen LogP contribution in [0.3, 0.4) is 0 Å². The molecular weight excluding hydrogens is 328 g/mol. The standard InChI is InChI=1S/C17H18N2O6/c20-14-9-13(18-7-5-11(6-8-18)17(24)25)15(21)19(14)12-3-1-10(2-4-12)16(22)23/h1-4,11,13H,5-9H2,(H,22,23)(H,24,25)/t13-/m0/s1. The molecule has 0 saturated carbocycles. The van der Waals surface area contributed by atoms with Gasteiger partial charge in [-0.15, -0.1) is 0 Å². The molecule has 0 bridgehead atoms. The van der Waals surface area contributed by atoms with Crippen molar-refractivity contribution in [3.05, 3.63) is 29.8 Å². The summed E-state index contributed by atoms with van der Waals surface area (Å²) in [5.41, 5.74) is 0.429. The maximum absolute atomic E-state index is 12.7. The quantitative estimate of drug-likeness (QED) is 0.775. The highest BCUT2D eigenvalue weighted by atomic mass is 16.4. The van der Waals surface area contributed by atoms with Gasteiger partial charge >= 0.3 is 11.9 Å². The molecule has 8 heteroatoms. The van der Waals surface area contributed by atoms with Crippen LogP contribution in [0.4, 0.5) is 5.69 Å². The van der Waals surface area contributed by atoms with Gasteiger partial charge in [0, 0.05) is 0 Å². The number of hydrogen-bond donors (Lipinski definition) is 2. The lowest BCUT2D eigenvalue weighted by atomic mass is 9.96. The average molecular weight is 346 g/mol. The van der Waals surface area contributed by atoms with Gasteiger partial charge in [-0.25, -0.2) is 9.69 Å². The molecule has 0 radical (unpaired) electrons. The molecule has 3 rings (SSSR count). The minimum atomic E-state index is -1.08. The number of imide groups is 1. The number of piperidine rings is 1. The second-order valence-corrected chi connectivity index (χ2v) is 6.29. The predicted octanol–water partition coefficient (Wildman–Crippen LogP) is 0.813. The van der Waals surface area contributed by atoms with Gasteiger partial charge in [-0.3, -0.25) is 19.3 Å². The molecule has 8 nitrogen and oxygen atoms in total. The van der Waals surface area contributed by atoms with Crippen LogP contribution < -0.4 is 4.90 Å². The first kappa shape index (κ1) is 17.1. The molecule has 2 saturated heterocycles. The van der Waals surface area contributed by atoms with Crippen molar-refractivity contribution in [3.8, 4) is 0 Å². The third-order valence-electron chi connectivity index (χ3n) is 4.81. The van der Waals surface area contributed by atoms with Gasteiger partial charge in [0.15, 0.2) is 0 Å². The fourth-order valence-corrected chi connectivity index (χ4v) is 3.38. The summed E-state index contributed by atoms with van der Waals surface area (Å²) in [6, 6.07) is 5.01. The number of carboxylic acid groups (broad SMARTS) is 2. The molecule has 2 N–H and O–H groups in total. The Morgan fingerprint density at radius 2 is 1.60 bits per heavy atom. The van der Waals surface area contributed by atoms with Crippen LogP contribution in [0.2, 0.25) is 0 Å². The lowest BCUT2D eigenvalue weighted by Crippen LogP contribution is -2.46. The minimum Gasteiger partial charge on any atom is -0.481 e. The molecule has 0 spiro atoms. The third kappa shape index (κ3) is 3.25. The largest absolute Gasteiger partial charge is 0.481 e. The van der Waals surface area contributed by atoms with Gasteiger partial charge in [-0.05, 0) is 50.2 Å². The third-order valence-corrected chi connectivity index (χ3v) is 4.81. The summed E-state index contributed by atoms with van der Waals surface area (Å²) in [6.07, 6.45) is 0.971. The van der Waals surface area contributed by atoms with Crippen LogP contribution in [0.25, 0.3) is 0 Å². The Morgan fingerprint density at radius 3 is 2.12 bits per heavy atom. The summed E-state index contributed by atoms with van der Waals surface area (Å²) >= 11 is 0. The van der Waals surface area contributed by atoms with E-state index in [0.29, 0.717) is 31.6 Å². The number of amides is 2. The van der Waals surface area contributed by atoms with Crippen molar-refractivity contribution in [2.45, 2.75) is 25.3 Å². The van der Waals surface area contributed by atoms with Crippen molar-refractivity contribution in [2.24, 2.45) is 5.92 Å². The number of rotatable bonds is 4. The van der Waals surface area contributed by atoms with E-state index in [4.69, 9.17) is 10.2 Å². The SMILES string of the molecule is O=C(O)c1ccc(N2C(=O)C[C@H](N3CCC(C(=O)O)CC3)C2=O)cc1. The highest BCUT2D eigenvalue weighted by Gasteiger charge is 2.43. The van der Waals surface area contributed by atoms with Crippen molar-refractivity contribution in [3.63, 3.8) is 0 Å². The maximum atomic E-state index is 12.7. The summed E-state index contributed by atoms with van der Waals surface area (Å²) in [7, 11) is 0. The van der Waals surface area contributed by atoms with Crippen molar-refractivity contribution in [1.82, 2.24) is 4.90 Å². The Morgan fingerprint density at radius 1 is 1.00 bits per heavy atom. The molecule has 1 atom stereocenters. The highest BCUT2D eigenvalue weighted by Crippen LogP contribution is 2.28. The number of benzene rings is 1. The second kappa shape index (κ2) is 6.64. The zero-order chi connectivity index (χ0) is 18.1. The van der Waals surface area contributed by atoms with E-state index >= 15 is 0 Å². The van der Waals surface area contributed by atoms with Gasteiger partial charge in [0.25, 0.3) is 5.91 Å². The van der Waals surface area contributed by atoms with E-state index in [2.05, 4.69) is 0 Å². The molecule has 2 aliphatic rings. The van der Waals surface area contributed by atoms with Crippen LogP contribution in [0.1, 0.15) is 29.6 Å². The molecule has 2 fully saturated rings. The highest BCUT2D eigenvalue weighted by molar-refractivity contribution is 6.22. The van der Waals surface area contributed by atoms with Gasteiger partial charge in [-0.1, -0.05) is 0 Å². The van der Waals surface area contributed by atoms with E-state index in [1.54, 1.807) is 0 Å². The van der Waals surface area contributed by atoms with Crippen LogP contribution in [-0.2, 0) is 14.4 Å². The van der Waals surface area contributed by atoms with Crippen LogP contribution in [-0.4, -0.2) is 58.0 Å². The molecule has 132 valence electrons. The molecule has 2 aliphatic heterocycles. The molecule has 2 amide bonds. The molecule has 1 aromatic carbocycles. The number of aliphatic carboxylic acids is 1. The van der Waals surface area contributed by atoms with E-state index in [1.807, 2.05) is 4.90 Å². The van der Waals surface area contributed by atoms with Gasteiger partial charge in [0.1, 0.15) is 0 Å². The summed E-state index contributed by atoms with van der Waals surface area (Å²) < 4.78 is 0. The Hall–Kier alpha value is -2.74. The lowest BCUT2D eigenvalue weighted by Gasteiger charge is -2.33. The Balaban J connectivity index is 1.72. The summed E-state index contributed by atoms with van der Waals surface area (Å²) in [5, 5.41) is 18.0. The lowest BCUT2D eigenvalue weighted by molar-refractivity contribution is -0.143. The van der Waals surface area contributed by atoms with Crippen molar-refractivity contribution in [1.29, 1.82) is 0 Å². The van der Waals surface area contributed by atoms with E-state index < -0.39 is 23.9 Å². The molecule has 2 heterocycles. The van der Waals surface area contributed by atoms with Gasteiger partial charge in [0.2, 0.25) is 5.91 Å². The Bertz CT molecular complexity index is 721. The molecule has 25 heavy (non-hydrogen) atoms. The van der Waals surface area contributed by atoms with Gasteiger partial charge in [0.05, 0.1) is 29.6 Å². The number of hydrogen-bond acceptors (Lipinski definition) is 5. The second-order valence-electron chi connectivity index (χ2n) is 6.29. The van der Waals surface area contributed by atoms with Gasteiger partial charge < -0.3 is 10.2 Å². The number of likely N-dealkylation sites (tertiary alicyclic amines) is 1. The van der Waals surface area contributed by atoms with E-state index in [-0.39, 0.29) is 23.8 Å². The monoisotopic (exact) mass is 346 g/mol. The van der Waals surface area contributed by atoms with E-state index in [0.717, 1.165) is 4.90 Å². The van der Waals surface area contributed by atoms with Crippen LogP contribution in [0.5, 0.6) is 0 Å². The summed E-state index contributed by atoms with van der Waals surface area (Å²) in [5.74, 6) is -2.98. The topological polar surface area (TPSA) is 115 Å².